The molecule has 0 spiro atoms. The Morgan fingerprint density at radius 1 is 1.23 bits per heavy atom. The first-order valence-electron chi connectivity index (χ1n) is 7.70. The van der Waals surface area contributed by atoms with Crippen molar-refractivity contribution in [3.05, 3.63) is 54.0 Å². The molecule has 1 aliphatic rings. The van der Waals surface area contributed by atoms with Gasteiger partial charge in [-0.1, -0.05) is 24.3 Å². The van der Waals surface area contributed by atoms with Crippen molar-refractivity contribution < 1.29 is 4.79 Å². The molecule has 1 amide bonds. The van der Waals surface area contributed by atoms with E-state index in [-0.39, 0.29) is 11.8 Å². The average Bonchev–Trinajstić information content (AvgIpc) is 2.59. The number of carbonyl (C=O) groups excluding carboxylic acids is 1. The Bertz CT molecular complexity index is 630. The average molecular weight is 296 g/mol. The minimum atomic E-state index is -0.0125. The van der Waals surface area contributed by atoms with E-state index in [0.717, 1.165) is 25.1 Å². The summed E-state index contributed by atoms with van der Waals surface area (Å²) in [5.74, 6) is 0.828. The van der Waals surface area contributed by atoms with Crippen LogP contribution in [0.4, 0.5) is 5.82 Å². The number of rotatable bonds is 5. The number of hydrogen-bond acceptors (Lipinski definition) is 4. The Balaban J connectivity index is 1.51. The number of aromatic nitrogens is 2. The van der Waals surface area contributed by atoms with Gasteiger partial charge in [-0.15, -0.1) is 0 Å². The summed E-state index contributed by atoms with van der Waals surface area (Å²) >= 11 is 0. The van der Waals surface area contributed by atoms with Crippen LogP contribution in [0.25, 0.3) is 0 Å². The van der Waals surface area contributed by atoms with Crippen molar-refractivity contribution in [2.24, 2.45) is 0 Å². The van der Waals surface area contributed by atoms with Gasteiger partial charge in [-0.05, 0) is 30.4 Å². The third-order valence-electron chi connectivity index (χ3n) is 3.98. The van der Waals surface area contributed by atoms with Gasteiger partial charge in [-0.3, -0.25) is 9.78 Å². The Labute approximate surface area is 130 Å². The lowest BCUT2D eigenvalue weighted by atomic mass is 9.82. The largest absolute Gasteiger partial charge is 0.367 e. The highest BCUT2D eigenvalue weighted by Gasteiger charge is 2.25. The number of nitrogens with one attached hydrogen (secondary N) is 2. The van der Waals surface area contributed by atoms with Gasteiger partial charge in [0.1, 0.15) is 5.82 Å². The van der Waals surface area contributed by atoms with Crippen molar-refractivity contribution in [2.45, 2.75) is 25.2 Å². The molecule has 1 aromatic heterocycles. The second kappa shape index (κ2) is 7.02. The van der Waals surface area contributed by atoms with Crippen LogP contribution in [0.3, 0.4) is 0 Å². The van der Waals surface area contributed by atoms with Gasteiger partial charge in [0.25, 0.3) is 0 Å². The van der Waals surface area contributed by atoms with Gasteiger partial charge in [0.15, 0.2) is 0 Å². The molecule has 22 heavy (non-hydrogen) atoms. The summed E-state index contributed by atoms with van der Waals surface area (Å²) < 4.78 is 0. The summed E-state index contributed by atoms with van der Waals surface area (Å²) in [7, 11) is 0. The van der Waals surface area contributed by atoms with Crippen molar-refractivity contribution >= 4 is 11.7 Å². The zero-order chi connectivity index (χ0) is 15.2. The molecule has 0 saturated carbocycles. The summed E-state index contributed by atoms with van der Waals surface area (Å²) in [5.41, 5.74) is 2.50. The maximum absolute atomic E-state index is 12.4. The summed E-state index contributed by atoms with van der Waals surface area (Å²) in [4.78, 5) is 20.5. The number of anilines is 1. The van der Waals surface area contributed by atoms with Gasteiger partial charge >= 0.3 is 0 Å². The van der Waals surface area contributed by atoms with E-state index in [4.69, 9.17) is 0 Å². The quantitative estimate of drug-likeness (QED) is 0.829. The van der Waals surface area contributed by atoms with Crippen LogP contribution >= 0.6 is 0 Å². The predicted molar refractivity (Wildman–Crippen MR) is 85.7 cm³/mol. The number of fused-ring (bicyclic) bond motifs is 1. The SMILES string of the molecule is O=C(NCCNc1cnccn1)[C@@H]1CCCc2ccccc21. The minimum Gasteiger partial charge on any atom is -0.367 e. The maximum atomic E-state index is 12.4. The molecule has 0 radical (unpaired) electrons. The molecule has 2 N–H and O–H groups in total. The zero-order valence-corrected chi connectivity index (χ0v) is 12.5. The highest BCUT2D eigenvalue weighted by molar-refractivity contribution is 5.84. The van der Waals surface area contributed by atoms with Crippen LogP contribution in [0, 0.1) is 0 Å². The van der Waals surface area contributed by atoms with E-state index in [0.29, 0.717) is 13.1 Å². The van der Waals surface area contributed by atoms with Gasteiger partial charge in [-0.2, -0.15) is 0 Å². The predicted octanol–water partition coefficient (Wildman–Crippen LogP) is 2.12. The smallest absolute Gasteiger partial charge is 0.227 e. The van der Waals surface area contributed by atoms with Crippen molar-refractivity contribution in [3.63, 3.8) is 0 Å². The van der Waals surface area contributed by atoms with Crippen LogP contribution in [0.5, 0.6) is 0 Å². The summed E-state index contributed by atoms with van der Waals surface area (Å²) in [5, 5.41) is 6.15. The van der Waals surface area contributed by atoms with E-state index in [1.54, 1.807) is 18.6 Å². The number of carbonyl (C=O) groups is 1. The Morgan fingerprint density at radius 3 is 3.00 bits per heavy atom. The lowest BCUT2D eigenvalue weighted by Crippen LogP contribution is -2.34. The number of benzene rings is 1. The molecule has 0 fully saturated rings. The molecule has 1 aromatic carbocycles. The Hall–Kier alpha value is -2.43. The van der Waals surface area contributed by atoms with Gasteiger partial charge < -0.3 is 10.6 Å². The standard InChI is InChI=1S/C17H20N4O/c22-17(21-11-10-20-16-12-18-8-9-19-16)15-7-3-5-13-4-1-2-6-14(13)15/h1-2,4,6,8-9,12,15H,3,5,7,10-11H2,(H,19,20)(H,21,22)/t15-/m1/s1. The second-order valence-electron chi connectivity index (χ2n) is 5.45. The van der Waals surface area contributed by atoms with Crippen LogP contribution in [-0.2, 0) is 11.2 Å². The number of hydrogen-bond donors (Lipinski definition) is 2. The van der Waals surface area contributed by atoms with E-state index in [1.165, 1.54) is 11.1 Å². The third kappa shape index (κ3) is 3.42. The second-order valence-corrected chi connectivity index (χ2v) is 5.45. The monoisotopic (exact) mass is 296 g/mol. The summed E-state index contributed by atoms with van der Waals surface area (Å²) in [6, 6.07) is 8.27. The molecule has 1 atom stereocenters. The highest BCUT2D eigenvalue weighted by atomic mass is 16.1. The van der Waals surface area contributed by atoms with Gasteiger partial charge in [0, 0.05) is 25.5 Å². The topological polar surface area (TPSA) is 66.9 Å². The van der Waals surface area contributed by atoms with Gasteiger partial charge in [0.2, 0.25) is 5.91 Å². The molecule has 0 aliphatic heterocycles. The van der Waals surface area contributed by atoms with E-state index < -0.39 is 0 Å². The lowest BCUT2D eigenvalue weighted by Gasteiger charge is -2.24. The molecule has 1 aliphatic carbocycles. The summed E-state index contributed by atoms with van der Waals surface area (Å²) in [6.07, 6.45) is 8.02. The third-order valence-corrected chi connectivity index (χ3v) is 3.98. The van der Waals surface area contributed by atoms with Gasteiger partial charge in [0.05, 0.1) is 12.1 Å². The lowest BCUT2D eigenvalue weighted by molar-refractivity contribution is -0.122. The van der Waals surface area contributed by atoms with Gasteiger partial charge in [-0.25, -0.2) is 4.98 Å². The van der Waals surface area contributed by atoms with E-state index in [1.807, 2.05) is 12.1 Å². The minimum absolute atomic E-state index is 0.0125. The molecule has 0 unspecified atom stereocenters. The fourth-order valence-electron chi connectivity index (χ4n) is 2.92. The van der Waals surface area contributed by atoms with E-state index >= 15 is 0 Å². The number of nitrogens with zero attached hydrogens (tertiary/aromatic N) is 2. The fourth-order valence-corrected chi connectivity index (χ4v) is 2.92. The maximum Gasteiger partial charge on any atom is 0.227 e. The Kier molecular flexibility index (Phi) is 4.63. The number of aryl methyl sites for hydroxylation is 1. The molecule has 3 rings (SSSR count). The van der Waals surface area contributed by atoms with Crippen LogP contribution in [0.2, 0.25) is 0 Å². The summed E-state index contributed by atoms with van der Waals surface area (Å²) in [6.45, 7) is 1.22. The molecule has 2 aromatic rings. The van der Waals surface area contributed by atoms with Crippen LogP contribution in [0.15, 0.2) is 42.9 Å². The first-order chi connectivity index (χ1) is 10.8. The molecule has 1 heterocycles. The molecular weight excluding hydrogens is 276 g/mol. The molecule has 114 valence electrons. The van der Waals surface area contributed by atoms with E-state index in [2.05, 4.69) is 32.7 Å². The Morgan fingerprint density at radius 2 is 2.14 bits per heavy atom. The zero-order valence-electron chi connectivity index (χ0n) is 12.5. The molecule has 0 saturated heterocycles. The van der Waals surface area contributed by atoms with Crippen molar-refractivity contribution in [2.75, 3.05) is 18.4 Å². The molecule has 5 nitrogen and oxygen atoms in total. The molecule has 0 bridgehead atoms. The van der Waals surface area contributed by atoms with Crippen LogP contribution in [0.1, 0.15) is 29.9 Å². The van der Waals surface area contributed by atoms with Crippen LogP contribution < -0.4 is 10.6 Å². The van der Waals surface area contributed by atoms with Crippen molar-refractivity contribution in [1.82, 2.24) is 15.3 Å². The highest BCUT2D eigenvalue weighted by Crippen LogP contribution is 2.31. The fraction of sp³-hybridized carbons (Fsp3) is 0.353. The van der Waals surface area contributed by atoms with Crippen molar-refractivity contribution in [3.8, 4) is 0 Å². The molecule has 5 heteroatoms. The van der Waals surface area contributed by atoms with Crippen molar-refractivity contribution in [1.29, 1.82) is 0 Å². The number of amides is 1. The first kappa shape index (κ1) is 14.5. The first-order valence-corrected chi connectivity index (χ1v) is 7.70. The van der Waals surface area contributed by atoms with Crippen LogP contribution in [-0.4, -0.2) is 29.0 Å². The normalized spacial score (nSPS) is 16.6. The molecular formula is C17H20N4O. The van der Waals surface area contributed by atoms with E-state index in [9.17, 15) is 4.79 Å².